The van der Waals surface area contributed by atoms with Crippen LogP contribution in [0.15, 0.2) is 30.3 Å². The summed E-state index contributed by atoms with van der Waals surface area (Å²) < 4.78 is 0. The van der Waals surface area contributed by atoms with Crippen LogP contribution in [0.3, 0.4) is 0 Å². The van der Waals surface area contributed by atoms with E-state index in [1.807, 2.05) is 24.3 Å². The predicted molar refractivity (Wildman–Crippen MR) is 73.7 cm³/mol. The van der Waals surface area contributed by atoms with Crippen LogP contribution in [0, 0.1) is 0 Å². The lowest BCUT2D eigenvalue weighted by Crippen LogP contribution is -2.25. The number of benzene rings is 1. The molecule has 1 aromatic carbocycles. The SMILES string of the molecule is CCN(c1cc(CO)nc2ccccc12)C1CC1. The van der Waals surface area contributed by atoms with Gasteiger partial charge in [-0.15, -0.1) is 0 Å². The molecule has 2 aromatic rings. The molecular formula is C15H18N2O. The molecule has 0 unspecified atom stereocenters. The van der Waals surface area contributed by atoms with E-state index in [0.717, 1.165) is 17.8 Å². The Balaban J connectivity index is 2.18. The van der Waals surface area contributed by atoms with Crippen LogP contribution in [0.5, 0.6) is 0 Å². The van der Waals surface area contributed by atoms with Crippen molar-refractivity contribution in [1.29, 1.82) is 0 Å². The second kappa shape index (κ2) is 4.58. The maximum Gasteiger partial charge on any atom is 0.0854 e. The van der Waals surface area contributed by atoms with E-state index >= 15 is 0 Å². The van der Waals surface area contributed by atoms with Gasteiger partial charge in [0.1, 0.15) is 0 Å². The minimum atomic E-state index is 0.0000548. The third-order valence-corrected chi connectivity index (χ3v) is 3.55. The van der Waals surface area contributed by atoms with E-state index in [2.05, 4.69) is 22.9 Å². The van der Waals surface area contributed by atoms with Gasteiger partial charge in [-0.05, 0) is 31.9 Å². The Bertz CT molecular complexity index is 563. The number of aliphatic hydroxyl groups is 1. The lowest BCUT2D eigenvalue weighted by molar-refractivity contribution is 0.277. The standard InChI is InChI=1S/C15H18N2O/c1-2-17(12-7-8-12)15-9-11(10-18)16-14-6-4-3-5-13(14)15/h3-6,9,12,18H,2,7-8,10H2,1H3. The molecule has 0 bridgehead atoms. The van der Waals surface area contributed by atoms with Crippen LogP contribution in [0.25, 0.3) is 10.9 Å². The fourth-order valence-corrected chi connectivity index (χ4v) is 2.54. The molecule has 0 radical (unpaired) electrons. The largest absolute Gasteiger partial charge is 0.390 e. The van der Waals surface area contributed by atoms with E-state index in [1.54, 1.807) is 0 Å². The van der Waals surface area contributed by atoms with Gasteiger partial charge in [-0.25, -0.2) is 0 Å². The van der Waals surface area contributed by atoms with Crippen molar-refractivity contribution in [3.05, 3.63) is 36.0 Å². The predicted octanol–water partition coefficient (Wildman–Crippen LogP) is 2.72. The Morgan fingerprint density at radius 1 is 1.33 bits per heavy atom. The third-order valence-electron chi connectivity index (χ3n) is 3.55. The molecule has 1 heterocycles. The number of aromatic nitrogens is 1. The third kappa shape index (κ3) is 1.95. The normalized spacial score (nSPS) is 15.0. The van der Waals surface area contributed by atoms with Gasteiger partial charge in [-0.3, -0.25) is 4.98 Å². The van der Waals surface area contributed by atoms with Crippen molar-refractivity contribution in [3.8, 4) is 0 Å². The second-order valence-corrected chi connectivity index (χ2v) is 4.83. The van der Waals surface area contributed by atoms with Gasteiger partial charge in [0.05, 0.1) is 17.8 Å². The zero-order valence-corrected chi connectivity index (χ0v) is 10.6. The first-order valence-corrected chi connectivity index (χ1v) is 6.59. The Morgan fingerprint density at radius 2 is 2.11 bits per heavy atom. The summed E-state index contributed by atoms with van der Waals surface area (Å²) in [6.07, 6.45) is 2.55. The molecule has 0 aliphatic heterocycles. The Kier molecular flexibility index (Phi) is 2.92. The molecule has 1 saturated carbocycles. The van der Waals surface area contributed by atoms with Gasteiger partial charge in [0.25, 0.3) is 0 Å². The summed E-state index contributed by atoms with van der Waals surface area (Å²) in [5.74, 6) is 0. The number of aliphatic hydroxyl groups excluding tert-OH is 1. The van der Waals surface area contributed by atoms with Gasteiger partial charge < -0.3 is 10.0 Å². The van der Waals surface area contributed by atoms with E-state index in [1.165, 1.54) is 23.9 Å². The summed E-state index contributed by atoms with van der Waals surface area (Å²) in [6.45, 7) is 3.19. The monoisotopic (exact) mass is 242 g/mol. The number of anilines is 1. The van der Waals surface area contributed by atoms with Crippen LogP contribution in [-0.2, 0) is 6.61 Å². The fraction of sp³-hybridized carbons (Fsp3) is 0.400. The highest BCUT2D eigenvalue weighted by Gasteiger charge is 2.29. The first-order chi connectivity index (χ1) is 8.83. The van der Waals surface area contributed by atoms with Crippen LogP contribution in [0.1, 0.15) is 25.5 Å². The number of para-hydroxylation sites is 1. The molecule has 3 nitrogen and oxygen atoms in total. The van der Waals surface area contributed by atoms with Gasteiger partial charge in [0.15, 0.2) is 0 Å². The minimum Gasteiger partial charge on any atom is -0.390 e. The molecule has 1 aliphatic rings. The Labute approximate surface area is 107 Å². The fourth-order valence-electron chi connectivity index (χ4n) is 2.54. The lowest BCUT2D eigenvalue weighted by Gasteiger charge is -2.24. The summed E-state index contributed by atoms with van der Waals surface area (Å²) in [7, 11) is 0. The molecule has 1 N–H and O–H groups in total. The van der Waals surface area contributed by atoms with Crippen molar-refractivity contribution in [2.45, 2.75) is 32.4 Å². The summed E-state index contributed by atoms with van der Waals surface area (Å²) in [4.78, 5) is 6.91. The maximum absolute atomic E-state index is 9.35. The van der Waals surface area contributed by atoms with Crippen LogP contribution in [-0.4, -0.2) is 22.7 Å². The van der Waals surface area contributed by atoms with Crippen LogP contribution >= 0.6 is 0 Å². The van der Waals surface area contributed by atoms with Crippen LogP contribution in [0.2, 0.25) is 0 Å². The Hall–Kier alpha value is -1.61. The molecule has 18 heavy (non-hydrogen) atoms. The van der Waals surface area contributed by atoms with E-state index < -0.39 is 0 Å². The van der Waals surface area contributed by atoms with Gasteiger partial charge in [-0.1, -0.05) is 18.2 Å². The number of hydrogen-bond acceptors (Lipinski definition) is 3. The number of pyridine rings is 1. The molecular weight excluding hydrogens is 224 g/mol. The van der Waals surface area contributed by atoms with E-state index in [4.69, 9.17) is 0 Å². The van der Waals surface area contributed by atoms with Crippen molar-refractivity contribution in [3.63, 3.8) is 0 Å². The van der Waals surface area contributed by atoms with Crippen LogP contribution < -0.4 is 4.90 Å². The van der Waals surface area contributed by atoms with Crippen molar-refractivity contribution in [2.75, 3.05) is 11.4 Å². The molecule has 94 valence electrons. The molecule has 1 aliphatic carbocycles. The van der Waals surface area contributed by atoms with Gasteiger partial charge in [0.2, 0.25) is 0 Å². The average molecular weight is 242 g/mol. The first-order valence-electron chi connectivity index (χ1n) is 6.59. The molecule has 3 heteroatoms. The van der Waals surface area contributed by atoms with Crippen molar-refractivity contribution in [2.24, 2.45) is 0 Å². The zero-order valence-electron chi connectivity index (χ0n) is 10.6. The molecule has 1 fully saturated rings. The van der Waals surface area contributed by atoms with Gasteiger partial charge in [0, 0.05) is 23.7 Å². The number of hydrogen-bond donors (Lipinski definition) is 1. The van der Waals surface area contributed by atoms with E-state index in [9.17, 15) is 5.11 Å². The molecule has 0 atom stereocenters. The summed E-state index contributed by atoms with van der Waals surface area (Å²) in [6, 6.07) is 10.9. The first kappa shape index (κ1) is 11.5. The summed E-state index contributed by atoms with van der Waals surface area (Å²) in [5.41, 5.74) is 2.94. The van der Waals surface area contributed by atoms with E-state index in [-0.39, 0.29) is 6.61 Å². The van der Waals surface area contributed by atoms with Crippen LogP contribution in [0.4, 0.5) is 5.69 Å². The van der Waals surface area contributed by atoms with E-state index in [0.29, 0.717) is 6.04 Å². The topological polar surface area (TPSA) is 36.4 Å². The highest BCUT2D eigenvalue weighted by Crippen LogP contribution is 2.35. The summed E-state index contributed by atoms with van der Waals surface area (Å²) in [5, 5.41) is 10.5. The van der Waals surface area contributed by atoms with Crippen molar-refractivity contribution in [1.82, 2.24) is 4.98 Å². The molecule has 3 rings (SSSR count). The number of fused-ring (bicyclic) bond motifs is 1. The van der Waals surface area contributed by atoms with Crippen molar-refractivity contribution < 1.29 is 5.11 Å². The maximum atomic E-state index is 9.35. The highest BCUT2D eigenvalue weighted by atomic mass is 16.3. The Morgan fingerprint density at radius 3 is 2.78 bits per heavy atom. The molecule has 1 aromatic heterocycles. The van der Waals surface area contributed by atoms with Crippen molar-refractivity contribution >= 4 is 16.6 Å². The zero-order chi connectivity index (χ0) is 12.5. The smallest absolute Gasteiger partial charge is 0.0854 e. The number of nitrogens with zero attached hydrogens (tertiary/aromatic N) is 2. The molecule has 0 amide bonds. The summed E-state index contributed by atoms with van der Waals surface area (Å²) >= 11 is 0. The number of rotatable bonds is 4. The average Bonchev–Trinajstić information content (AvgIpc) is 3.24. The minimum absolute atomic E-state index is 0.0000548. The van der Waals surface area contributed by atoms with Gasteiger partial charge >= 0.3 is 0 Å². The second-order valence-electron chi connectivity index (χ2n) is 4.83. The highest BCUT2D eigenvalue weighted by molar-refractivity contribution is 5.92. The molecule has 0 spiro atoms. The van der Waals surface area contributed by atoms with Gasteiger partial charge in [-0.2, -0.15) is 0 Å². The lowest BCUT2D eigenvalue weighted by atomic mass is 10.1. The molecule has 0 saturated heterocycles. The quantitative estimate of drug-likeness (QED) is 0.895.